The summed E-state index contributed by atoms with van der Waals surface area (Å²) in [5, 5.41) is 25.3. The molecule has 5 aliphatic rings. The van der Waals surface area contributed by atoms with E-state index in [1.807, 2.05) is 33.8 Å². The molecule has 2 heterocycles. The molecule has 1 unspecified atom stereocenters. The Morgan fingerprint density at radius 1 is 1.06 bits per heavy atom. The molecule has 6 rings (SSSR count). The van der Waals surface area contributed by atoms with Crippen molar-refractivity contribution in [2.45, 2.75) is 153 Å². The van der Waals surface area contributed by atoms with Crippen LogP contribution in [0.4, 0.5) is 0 Å². The van der Waals surface area contributed by atoms with Crippen LogP contribution in [0, 0.1) is 16.7 Å². The smallest absolute Gasteiger partial charge is 0.338 e. The molecule has 2 saturated carbocycles. The number of fused-ring (bicyclic) bond motifs is 8. The molecule has 0 amide bonds. The van der Waals surface area contributed by atoms with Crippen molar-refractivity contribution in [2.75, 3.05) is 6.61 Å². The number of hydrogen-bond acceptors (Lipinski definition) is 10. The zero-order valence-electron chi connectivity index (χ0n) is 31.6. The third kappa shape index (κ3) is 5.72. The lowest BCUT2D eigenvalue weighted by molar-refractivity contribution is -0.360. The van der Waals surface area contributed by atoms with E-state index in [1.54, 1.807) is 30.3 Å². The van der Waals surface area contributed by atoms with Crippen molar-refractivity contribution < 1.29 is 47.9 Å². The summed E-state index contributed by atoms with van der Waals surface area (Å²) in [6, 6.07) is 11.3. The van der Waals surface area contributed by atoms with Gasteiger partial charge in [0.05, 0.1) is 36.4 Å². The molecule has 2 saturated heterocycles. The molecular weight excluding hydrogens is 669 g/mol. The first-order chi connectivity index (χ1) is 24.1. The van der Waals surface area contributed by atoms with E-state index >= 15 is 0 Å². The lowest BCUT2D eigenvalue weighted by Gasteiger charge is -2.69. The fourth-order valence-electron chi connectivity index (χ4n) is 10.3. The molecule has 0 spiro atoms. The molecule has 282 valence electrons. The van der Waals surface area contributed by atoms with Gasteiger partial charge in [0.25, 0.3) is 0 Å². The topological polar surface area (TPSA) is 130 Å². The first-order valence-corrected chi connectivity index (χ1v) is 21.5. The second kappa shape index (κ2) is 13.8. The second-order valence-corrected chi connectivity index (χ2v) is 20.9. The van der Waals surface area contributed by atoms with Crippen LogP contribution in [0.15, 0.2) is 54.1 Å². The highest BCUT2D eigenvalue weighted by Gasteiger charge is 2.79. The first-order valence-electron chi connectivity index (χ1n) is 18.9. The molecule has 11 heteroatoms. The van der Waals surface area contributed by atoms with E-state index in [0.29, 0.717) is 29.6 Å². The molecule has 4 fully saturated rings. The quantitative estimate of drug-likeness (QED) is 0.153. The Balaban J connectivity index is 1.68. The zero-order valence-corrected chi connectivity index (χ0v) is 32.6. The van der Waals surface area contributed by atoms with Gasteiger partial charge in [0.1, 0.15) is 23.9 Å². The van der Waals surface area contributed by atoms with Crippen molar-refractivity contribution >= 4 is 20.3 Å². The average molecular weight is 727 g/mol. The number of ether oxygens (including phenoxy) is 5. The van der Waals surface area contributed by atoms with Crippen molar-refractivity contribution in [3.8, 4) is 0 Å². The minimum Gasteiger partial charge on any atom is -0.455 e. The minimum absolute atomic E-state index is 0.0430. The van der Waals surface area contributed by atoms with Crippen LogP contribution in [-0.4, -0.2) is 91.2 Å². The van der Waals surface area contributed by atoms with E-state index in [-0.39, 0.29) is 19.4 Å². The molecule has 11 atom stereocenters. The molecule has 3 aliphatic carbocycles. The summed E-state index contributed by atoms with van der Waals surface area (Å²) in [6.07, 6.45) is -3.06. The minimum atomic E-state index is -2.33. The normalized spacial score (nSPS) is 39.7. The first kappa shape index (κ1) is 38.3. The standard InChI is InChI=1S/C40H58O10Si/c1-10-18-29(42)49-39-23-45-28(39)21-27(50-51(12-3,13-4)14-5)38(9)33(39)35(48-36(43)25-19-16-15-17-20-25)40(44)22-26(41)24(6)31(37(40,7)8)32-34(38)47-30(11-2)46-32/h11,15-17,19-20,26-28,30,32-35,41,44H,2,10,12-14,18,21-23H2,1,3-9H3/t26-,27-,28+,30?,32+,33-,34+,35-,38+,39-,40+/m0/s1. The van der Waals surface area contributed by atoms with E-state index in [2.05, 4.69) is 34.3 Å². The monoisotopic (exact) mass is 726 g/mol. The summed E-state index contributed by atoms with van der Waals surface area (Å²) in [7, 11) is -2.33. The Kier molecular flexibility index (Phi) is 10.4. The molecule has 0 radical (unpaired) electrons. The molecule has 1 aromatic rings. The SMILES string of the molecule is C=CC1O[C@@H]2C3=C(C)[C@@H](O)C[C@@](O)([C@@H](OC(=O)c4ccccc4)[C@@H]4[C@]5(OC(=O)CCC)CO[C@@H]5C[C@H](O[Si](CC)(CC)CC)[C@@]4(C)[C@@H]2O1)C3(C)C. The maximum Gasteiger partial charge on any atom is 0.338 e. The van der Waals surface area contributed by atoms with Gasteiger partial charge < -0.3 is 38.3 Å². The summed E-state index contributed by atoms with van der Waals surface area (Å²) in [6.45, 7) is 20.3. The average Bonchev–Trinajstić information content (AvgIpc) is 3.53. The largest absolute Gasteiger partial charge is 0.455 e. The molecule has 2 bridgehead atoms. The third-order valence-electron chi connectivity index (χ3n) is 13.6. The molecule has 1 aromatic carbocycles. The Labute approximate surface area is 304 Å². The number of carbonyl (C=O) groups excluding carboxylic acids is 2. The maximum atomic E-state index is 14.3. The third-order valence-corrected chi connectivity index (χ3v) is 18.2. The van der Waals surface area contributed by atoms with Crippen LogP contribution in [0.1, 0.15) is 91.4 Å². The van der Waals surface area contributed by atoms with E-state index in [4.69, 9.17) is 28.1 Å². The Hall–Kier alpha value is -2.38. The number of benzene rings is 1. The molecule has 0 aromatic heterocycles. The summed E-state index contributed by atoms with van der Waals surface area (Å²) in [4.78, 5) is 28.0. The molecular formula is C40H58O10Si. The highest BCUT2D eigenvalue weighted by Crippen LogP contribution is 2.67. The predicted octanol–water partition coefficient (Wildman–Crippen LogP) is 6.26. The number of carbonyl (C=O) groups is 2. The van der Waals surface area contributed by atoms with E-state index in [0.717, 1.165) is 18.1 Å². The summed E-state index contributed by atoms with van der Waals surface area (Å²) < 4.78 is 40.8. The Morgan fingerprint density at radius 2 is 1.73 bits per heavy atom. The molecule has 2 aliphatic heterocycles. The van der Waals surface area contributed by atoms with Crippen LogP contribution in [0.3, 0.4) is 0 Å². The maximum absolute atomic E-state index is 14.3. The number of rotatable bonds is 11. The molecule has 2 N–H and O–H groups in total. The lowest BCUT2D eigenvalue weighted by Crippen LogP contribution is -2.82. The van der Waals surface area contributed by atoms with Crippen molar-refractivity contribution in [2.24, 2.45) is 16.7 Å². The van der Waals surface area contributed by atoms with Gasteiger partial charge in [0.15, 0.2) is 20.2 Å². The van der Waals surface area contributed by atoms with Crippen LogP contribution >= 0.6 is 0 Å². The Bertz CT molecular complexity index is 1520. The fourth-order valence-corrected chi connectivity index (χ4v) is 13.2. The Morgan fingerprint density at radius 3 is 2.29 bits per heavy atom. The molecule has 51 heavy (non-hydrogen) atoms. The summed E-state index contributed by atoms with van der Waals surface area (Å²) >= 11 is 0. The van der Waals surface area contributed by atoms with Crippen molar-refractivity contribution in [3.63, 3.8) is 0 Å². The zero-order chi connectivity index (χ0) is 37.1. The van der Waals surface area contributed by atoms with Gasteiger partial charge in [-0.2, -0.15) is 0 Å². The number of esters is 2. The van der Waals surface area contributed by atoms with Gasteiger partial charge in [-0.25, -0.2) is 4.79 Å². The second-order valence-electron chi connectivity index (χ2n) is 16.2. The molecule has 10 nitrogen and oxygen atoms in total. The fraction of sp³-hybridized carbons (Fsp3) is 0.700. The summed E-state index contributed by atoms with van der Waals surface area (Å²) in [5.74, 6) is -1.92. The number of aliphatic hydroxyl groups is 2. The van der Waals surface area contributed by atoms with Crippen LogP contribution in [0.5, 0.6) is 0 Å². The summed E-state index contributed by atoms with van der Waals surface area (Å²) in [5.41, 5.74) is -3.66. The van der Waals surface area contributed by atoms with Crippen molar-refractivity contribution in [1.82, 2.24) is 0 Å². The lowest BCUT2D eigenvalue weighted by atomic mass is 9.44. The van der Waals surface area contributed by atoms with Gasteiger partial charge in [-0.1, -0.05) is 73.2 Å². The van der Waals surface area contributed by atoms with Gasteiger partial charge in [-0.3, -0.25) is 4.79 Å². The number of hydrogen-bond donors (Lipinski definition) is 2. The van der Waals surface area contributed by atoms with Gasteiger partial charge >= 0.3 is 11.9 Å². The van der Waals surface area contributed by atoms with Crippen molar-refractivity contribution in [1.29, 1.82) is 0 Å². The predicted molar refractivity (Wildman–Crippen MR) is 193 cm³/mol. The van der Waals surface area contributed by atoms with Gasteiger partial charge in [-0.15, -0.1) is 0 Å². The van der Waals surface area contributed by atoms with E-state index in [9.17, 15) is 19.8 Å². The highest BCUT2D eigenvalue weighted by atomic mass is 28.4. The van der Waals surface area contributed by atoms with Gasteiger partial charge in [-0.05, 0) is 60.8 Å². The van der Waals surface area contributed by atoms with Gasteiger partial charge in [0, 0.05) is 30.1 Å². The van der Waals surface area contributed by atoms with Gasteiger partial charge in [0.2, 0.25) is 0 Å². The highest BCUT2D eigenvalue weighted by molar-refractivity contribution is 6.73. The van der Waals surface area contributed by atoms with Crippen molar-refractivity contribution in [3.05, 3.63) is 59.7 Å². The van der Waals surface area contributed by atoms with Crippen LogP contribution < -0.4 is 0 Å². The van der Waals surface area contributed by atoms with Crippen LogP contribution in [0.25, 0.3) is 0 Å². The number of aliphatic hydroxyl groups excluding tert-OH is 1. The van der Waals surface area contributed by atoms with Crippen LogP contribution in [0.2, 0.25) is 18.1 Å². The van der Waals surface area contributed by atoms with Crippen LogP contribution in [-0.2, 0) is 32.9 Å². The van der Waals surface area contributed by atoms with E-state index in [1.165, 1.54) is 0 Å². The van der Waals surface area contributed by atoms with E-state index < -0.39 is 91.1 Å².